The quantitative estimate of drug-likeness (QED) is 0.654. The Bertz CT molecular complexity index is 177. The average molecular weight is 215 g/mol. The minimum atomic E-state index is 0.223. The van der Waals surface area contributed by atoms with Gasteiger partial charge in [0.05, 0.1) is 6.61 Å². The molecule has 0 aliphatic carbocycles. The molecule has 0 aromatic carbocycles. The molecule has 0 aromatic heterocycles. The van der Waals surface area contributed by atoms with Crippen LogP contribution < -0.4 is 5.32 Å². The molecule has 90 valence electrons. The van der Waals surface area contributed by atoms with Crippen molar-refractivity contribution in [2.75, 3.05) is 46.4 Å². The van der Waals surface area contributed by atoms with Crippen LogP contribution in [0, 0.1) is 0 Å². The number of hydrogen-bond donors (Lipinski definition) is 2. The van der Waals surface area contributed by atoms with Gasteiger partial charge in [0.25, 0.3) is 0 Å². The van der Waals surface area contributed by atoms with Gasteiger partial charge in [-0.25, -0.2) is 0 Å². The number of likely N-dealkylation sites (N-methyl/N-ethyl adjacent to an activating group) is 2. The molecule has 4 nitrogen and oxygen atoms in total. The predicted molar refractivity (Wildman–Crippen MR) is 63.1 cm³/mol. The molecule has 1 heterocycles. The van der Waals surface area contributed by atoms with E-state index in [1.54, 1.807) is 0 Å². The number of aliphatic hydroxyl groups excluding tert-OH is 1. The lowest BCUT2D eigenvalue weighted by atomic mass is 10.1. The van der Waals surface area contributed by atoms with Crippen molar-refractivity contribution >= 4 is 0 Å². The zero-order valence-corrected chi connectivity index (χ0v) is 10.2. The normalized spacial score (nSPS) is 26.8. The first kappa shape index (κ1) is 12.9. The van der Waals surface area contributed by atoms with E-state index >= 15 is 0 Å². The lowest BCUT2D eigenvalue weighted by Gasteiger charge is -2.39. The summed E-state index contributed by atoms with van der Waals surface area (Å²) in [7, 11) is 2.17. The van der Waals surface area contributed by atoms with Crippen molar-refractivity contribution in [2.24, 2.45) is 0 Å². The molecule has 1 saturated heterocycles. The van der Waals surface area contributed by atoms with E-state index in [2.05, 4.69) is 36.0 Å². The van der Waals surface area contributed by atoms with E-state index in [1.165, 1.54) is 0 Å². The molecule has 4 heteroatoms. The van der Waals surface area contributed by atoms with Crippen molar-refractivity contribution in [3.05, 3.63) is 0 Å². The van der Waals surface area contributed by atoms with E-state index in [0.717, 1.165) is 32.7 Å². The molecule has 2 atom stereocenters. The highest BCUT2D eigenvalue weighted by molar-refractivity contribution is 4.81. The summed E-state index contributed by atoms with van der Waals surface area (Å²) in [5, 5.41) is 12.5. The van der Waals surface area contributed by atoms with Gasteiger partial charge in [-0.15, -0.1) is 0 Å². The van der Waals surface area contributed by atoms with Crippen molar-refractivity contribution in [1.29, 1.82) is 0 Å². The van der Waals surface area contributed by atoms with Gasteiger partial charge in [0.15, 0.2) is 0 Å². The third-order valence-electron chi connectivity index (χ3n) is 3.14. The highest BCUT2D eigenvalue weighted by atomic mass is 16.3. The molecule has 1 fully saturated rings. The third kappa shape index (κ3) is 4.07. The van der Waals surface area contributed by atoms with Crippen LogP contribution in [0.25, 0.3) is 0 Å². The van der Waals surface area contributed by atoms with Crippen molar-refractivity contribution in [3.8, 4) is 0 Å². The number of piperazine rings is 1. The Balaban J connectivity index is 2.35. The highest BCUT2D eigenvalue weighted by Crippen LogP contribution is 2.08. The molecular weight excluding hydrogens is 190 g/mol. The van der Waals surface area contributed by atoms with Crippen LogP contribution in [0.15, 0.2) is 0 Å². The largest absolute Gasteiger partial charge is 0.395 e. The molecular formula is C11H25N3O. The summed E-state index contributed by atoms with van der Waals surface area (Å²) in [6.45, 7) is 9.82. The monoisotopic (exact) mass is 215 g/mol. The van der Waals surface area contributed by atoms with Gasteiger partial charge in [-0.1, -0.05) is 6.92 Å². The Morgan fingerprint density at radius 2 is 2.20 bits per heavy atom. The first-order valence-electron chi connectivity index (χ1n) is 5.94. The lowest BCUT2D eigenvalue weighted by Crippen LogP contribution is -2.54. The number of aliphatic hydroxyl groups is 1. The van der Waals surface area contributed by atoms with Gasteiger partial charge >= 0.3 is 0 Å². The van der Waals surface area contributed by atoms with Crippen LogP contribution in [0.4, 0.5) is 0 Å². The molecule has 0 bridgehead atoms. The van der Waals surface area contributed by atoms with Gasteiger partial charge in [-0.2, -0.15) is 0 Å². The molecule has 0 radical (unpaired) electrons. The van der Waals surface area contributed by atoms with Crippen LogP contribution in [-0.4, -0.2) is 73.4 Å². The maximum Gasteiger partial charge on any atom is 0.0597 e. The maximum atomic E-state index is 9.23. The van der Waals surface area contributed by atoms with E-state index < -0.39 is 0 Å². The van der Waals surface area contributed by atoms with Crippen LogP contribution in [-0.2, 0) is 0 Å². The fourth-order valence-corrected chi connectivity index (χ4v) is 2.21. The second kappa shape index (κ2) is 6.43. The van der Waals surface area contributed by atoms with Gasteiger partial charge in [0.1, 0.15) is 0 Å². The summed E-state index contributed by atoms with van der Waals surface area (Å²) in [6.07, 6.45) is 0. The molecule has 0 amide bonds. The van der Waals surface area contributed by atoms with Crippen molar-refractivity contribution < 1.29 is 5.11 Å². The second-order valence-electron chi connectivity index (χ2n) is 4.54. The van der Waals surface area contributed by atoms with Crippen LogP contribution >= 0.6 is 0 Å². The summed E-state index contributed by atoms with van der Waals surface area (Å²) < 4.78 is 0. The second-order valence-corrected chi connectivity index (χ2v) is 4.54. The molecule has 1 rings (SSSR count). The third-order valence-corrected chi connectivity index (χ3v) is 3.14. The maximum absolute atomic E-state index is 9.23. The molecule has 0 spiro atoms. The molecule has 2 N–H and O–H groups in total. The number of hydrogen-bond acceptors (Lipinski definition) is 4. The molecule has 0 saturated carbocycles. The van der Waals surface area contributed by atoms with Gasteiger partial charge in [0.2, 0.25) is 0 Å². The fourth-order valence-electron chi connectivity index (χ4n) is 2.21. The van der Waals surface area contributed by atoms with Gasteiger partial charge < -0.3 is 15.3 Å². The number of rotatable bonds is 5. The molecule has 1 aliphatic rings. The summed E-state index contributed by atoms with van der Waals surface area (Å²) >= 11 is 0. The van der Waals surface area contributed by atoms with Gasteiger partial charge in [-0.05, 0) is 20.5 Å². The topological polar surface area (TPSA) is 38.7 Å². The first-order chi connectivity index (χ1) is 7.17. The van der Waals surface area contributed by atoms with E-state index in [-0.39, 0.29) is 12.6 Å². The van der Waals surface area contributed by atoms with E-state index in [9.17, 15) is 5.11 Å². The van der Waals surface area contributed by atoms with E-state index in [0.29, 0.717) is 6.04 Å². The Kier molecular flexibility index (Phi) is 5.53. The standard InChI is InChI=1S/C11H25N3O/c1-4-12-11(9-15)8-14-6-5-13(3)7-10(14)2/h10-12,15H,4-9H2,1-3H3. The SMILES string of the molecule is CCNC(CO)CN1CCN(C)CC1C. The molecule has 15 heavy (non-hydrogen) atoms. The van der Waals surface area contributed by atoms with E-state index in [1.807, 2.05) is 0 Å². The molecule has 0 aromatic rings. The lowest BCUT2D eigenvalue weighted by molar-refractivity contribution is 0.0805. The fraction of sp³-hybridized carbons (Fsp3) is 1.00. The summed E-state index contributed by atoms with van der Waals surface area (Å²) in [5.41, 5.74) is 0. The summed E-state index contributed by atoms with van der Waals surface area (Å²) in [5.74, 6) is 0. The van der Waals surface area contributed by atoms with Crippen molar-refractivity contribution in [1.82, 2.24) is 15.1 Å². The van der Waals surface area contributed by atoms with Crippen LogP contribution in [0.3, 0.4) is 0 Å². The number of nitrogens with zero attached hydrogens (tertiary/aromatic N) is 2. The van der Waals surface area contributed by atoms with Crippen molar-refractivity contribution in [2.45, 2.75) is 25.9 Å². The number of nitrogens with one attached hydrogen (secondary N) is 1. The molecule has 2 unspecified atom stereocenters. The van der Waals surface area contributed by atoms with Crippen LogP contribution in [0.5, 0.6) is 0 Å². The van der Waals surface area contributed by atoms with Crippen molar-refractivity contribution in [3.63, 3.8) is 0 Å². The van der Waals surface area contributed by atoms with E-state index in [4.69, 9.17) is 0 Å². The zero-order valence-electron chi connectivity index (χ0n) is 10.2. The average Bonchev–Trinajstić information content (AvgIpc) is 2.21. The highest BCUT2D eigenvalue weighted by Gasteiger charge is 2.23. The Labute approximate surface area is 93.2 Å². The molecule has 1 aliphatic heterocycles. The summed E-state index contributed by atoms with van der Waals surface area (Å²) in [4.78, 5) is 4.83. The van der Waals surface area contributed by atoms with Gasteiger partial charge in [-0.3, -0.25) is 4.90 Å². The predicted octanol–water partition coefficient (Wildman–Crippen LogP) is -0.407. The van der Waals surface area contributed by atoms with Crippen LogP contribution in [0.2, 0.25) is 0 Å². The smallest absolute Gasteiger partial charge is 0.0597 e. The minimum Gasteiger partial charge on any atom is -0.395 e. The zero-order chi connectivity index (χ0) is 11.3. The Morgan fingerprint density at radius 1 is 1.47 bits per heavy atom. The van der Waals surface area contributed by atoms with Gasteiger partial charge in [0, 0.05) is 38.3 Å². The Hall–Kier alpha value is -0.160. The summed E-state index contributed by atoms with van der Waals surface area (Å²) in [6, 6.07) is 0.817. The van der Waals surface area contributed by atoms with Crippen LogP contribution in [0.1, 0.15) is 13.8 Å². The first-order valence-corrected chi connectivity index (χ1v) is 5.94. The Morgan fingerprint density at radius 3 is 2.73 bits per heavy atom. The minimum absolute atomic E-state index is 0.223.